The van der Waals surface area contributed by atoms with Crippen molar-refractivity contribution in [2.24, 2.45) is 5.73 Å². The van der Waals surface area contributed by atoms with Crippen molar-refractivity contribution >= 4 is 10.1 Å². The molecule has 0 saturated heterocycles. The van der Waals surface area contributed by atoms with Gasteiger partial charge < -0.3 is 10.3 Å². The molecular weight excluding hydrogens is 477 g/mol. The van der Waals surface area contributed by atoms with Crippen LogP contribution in [0.2, 0.25) is 0 Å². The molecule has 0 unspecified atom stereocenters. The van der Waals surface area contributed by atoms with Gasteiger partial charge in [0.15, 0.2) is 16.7 Å². The van der Waals surface area contributed by atoms with Gasteiger partial charge in [-0.05, 0) is 35.4 Å². The fourth-order valence-corrected chi connectivity index (χ4v) is 3.49. The van der Waals surface area contributed by atoms with Crippen molar-refractivity contribution < 1.29 is 30.7 Å². The molecule has 0 aliphatic rings. The minimum absolute atomic E-state index is 0.592. The molecule has 0 aliphatic heterocycles. The van der Waals surface area contributed by atoms with Crippen LogP contribution in [0, 0.1) is 0 Å². The van der Waals surface area contributed by atoms with Crippen molar-refractivity contribution in [2.75, 3.05) is 6.54 Å². The Labute approximate surface area is 202 Å². The van der Waals surface area contributed by atoms with Gasteiger partial charge >= 0.3 is 5.51 Å². The molecule has 182 valence electrons. The summed E-state index contributed by atoms with van der Waals surface area (Å²) in [4.78, 5) is 0. The Kier molecular flexibility index (Phi) is 8.39. The van der Waals surface area contributed by atoms with Gasteiger partial charge in [-0.3, -0.25) is 0 Å². The third-order valence-electron chi connectivity index (χ3n) is 5.05. The maximum atomic E-state index is 10.7. The lowest BCUT2D eigenvalue weighted by molar-refractivity contribution is -0.672. The first kappa shape index (κ1) is 26.1. The van der Waals surface area contributed by atoms with E-state index in [1.54, 1.807) is 0 Å². The van der Waals surface area contributed by atoms with E-state index in [2.05, 4.69) is 108 Å². The van der Waals surface area contributed by atoms with Crippen LogP contribution in [0.4, 0.5) is 13.2 Å². The number of aromatic nitrogens is 1. The third-order valence-corrected chi connectivity index (χ3v) is 5.62. The highest BCUT2D eigenvalue weighted by atomic mass is 32.2. The van der Waals surface area contributed by atoms with E-state index in [1.165, 1.54) is 33.6 Å². The Balaban J connectivity index is 0.000000371. The molecule has 0 spiro atoms. The summed E-state index contributed by atoms with van der Waals surface area (Å²) in [5.74, 6) is 0. The lowest BCUT2D eigenvalue weighted by Gasteiger charge is -2.12. The molecule has 4 rings (SSSR count). The standard InChI is InChI=1S/C25H23N2.CHF3O3S/c26-16-17-27-24(21-12-6-2-7-13-21)18-23(20-10-4-1-5-11-20)19-25(27)22-14-8-3-9-15-22;2-1(3,4)8(5,6)7/h1-15,18-19H,16-17,26H2;(H,5,6,7)/q+1;/p-1. The lowest BCUT2D eigenvalue weighted by Crippen LogP contribution is -2.42. The van der Waals surface area contributed by atoms with Crippen LogP contribution in [-0.2, 0) is 16.7 Å². The highest BCUT2D eigenvalue weighted by molar-refractivity contribution is 7.86. The average molecular weight is 501 g/mol. The van der Waals surface area contributed by atoms with Gasteiger partial charge in [0.25, 0.3) is 0 Å². The van der Waals surface area contributed by atoms with Crippen LogP contribution < -0.4 is 10.3 Å². The molecular formula is C26H23F3N2O3S. The molecule has 3 aromatic carbocycles. The molecule has 0 atom stereocenters. The zero-order chi connectivity index (χ0) is 25.5. The summed E-state index contributed by atoms with van der Waals surface area (Å²) in [6, 6.07) is 36.1. The molecule has 1 aromatic heterocycles. The normalized spacial score (nSPS) is 11.5. The molecule has 0 bridgehead atoms. The van der Waals surface area contributed by atoms with Gasteiger partial charge in [0.1, 0.15) is 0 Å². The second-order valence-corrected chi connectivity index (χ2v) is 8.82. The third kappa shape index (κ3) is 6.75. The van der Waals surface area contributed by atoms with Crippen LogP contribution in [0.15, 0.2) is 103 Å². The van der Waals surface area contributed by atoms with Gasteiger partial charge in [0.05, 0.1) is 6.54 Å². The van der Waals surface area contributed by atoms with Crippen LogP contribution in [0.1, 0.15) is 0 Å². The number of hydrogen-bond donors (Lipinski definition) is 1. The van der Waals surface area contributed by atoms with Gasteiger partial charge in [0, 0.05) is 23.3 Å². The van der Waals surface area contributed by atoms with Crippen molar-refractivity contribution in [3.63, 3.8) is 0 Å². The second kappa shape index (κ2) is 11.3. The Bertz CT molecular complexity index is 1290. The Morgan fingerprint density at radius 3 is 1.34 bits per heavy atom. The summed E-state index contributed by atoms with van der Waals surface area (Å²) in [5.41, 5.74) is 7.52. The molecule has 2 N–H and O–H groups in total. The number of halogens is 3. The fourth-order valence-electron chi connectivity index (χ4n) is 3.49. The molecule has 1 heterocycles. The van der Waals surface area contributed by atoms with Gasteiger partial charge in [-0.15, -0.1) is 0 Å². The van der Waals surface area contributed by atoms with Gasteiger partial charge in [0.2, 0.25) is 11.4 Å². The van der Waals surface area contributed by atoms with Crippen LogP contribution in [0.5, 0.6) is 0 Å². The van der Waals surface area contributed by atoms with E-state index < -0.39 is 15.6 Å². The molecule has 0 aliphatic carbocycles. The summed E-state index contributed by atoms with van der Waals surface area (Å²) in [5, 5.41) is 0. The first-order valence-corrected chi connectivity index (χ1v) is 12.0. The average Bonchev–Trinajstić information content (AvgIpc) is 2.85. The Morgan fingerprint density at radius 1 is 0.686 bits per heavy atom. The fraction of sp³-hybridized carbons (Fsp3) is 0.115. The molecule has 35 heavy (non-hydrogen) atoms. The minimum Gasteiger partial charge on any atom is -0.741 e. The van der Waals surface area contributed by atoms with E-state index >= 15 is 0 Å². The summed E-state index contributed by atoms with van der Waals surface area (Å²) in [6.45, 7) is 1.36. The van der Waals surface area contributed by atoms with Crippen molar-refractivity contribution in [2.45, 2.75) is 12.1 Å². The number of pyridine rings is 1. The van der Waals surface area contributed by atoms with Gasteiger partial charge in [-0.25, -0.2) is 8.42 Å². The Hall–Kier alpha value is -3.53. The monoisotopic (exact) mass is 500 g/mol. The number of nitrogens with zero attached hydrogens (tertiary/aromatic N) is 1. The van der Waals surface area contributed by atoms with E-state index in [0.29, 0.717) is 6.54 Å². The maximum absolute atomic E-state index is 10.7. The molecule has 0 saturated carbocycles. The minimum atomic E-state index is -6.09. The summed E-state index contributed by atoms with van der Waals surface area (Å²) in [7, 11) is -6.09. The number of nitrogens with two attached hydrogens (primary N) is 1. The predicted molar refractivity (Wildman–Crippen MR) is 128 cm³/mol. The SMILES string of the molecule is NCC[n+]1c(-c2ccccc2)cc(-c2ccccc2)cc1-c1ccccc1.O=S(=O)([O-])C(F)(F)F. The molecule has 0 radical (unpaired) electrons. The maximum Gasteiger partial charge on any atom is 0.485 e. The number of hydrogen-bond acceptors (Lipinski definition) is 4. The summed E-state index contributed by atoms with van der Waals surface area (Å²) >= 11 is 0. The van der Waals surface area contributed by atoms with Crippen LogP contribution in [-0.4, -0.2) is 25.0 Å². The Morgan fingerprint density at radius 2 is 1.03 bits per heavy atom. The van der Waals surface area contributed by atoms with E-state index in [1.807, 2.05) is 0 Å². The smallest absolute Gasteiger partial charge is 0.485 e. The van der Waals surface area contributed by atoms with Crippen LogP contribution in [0.3, 0.4) is 0 Å². The number of benzene rings is 3. The van der Waals surface area contributed by atoms with Crippen molar-refractivity contribution in [3.05, 3.63) is 103 Å². The summed E-state index contributed by atoms with van der Waals surface area (Å²) in [6.07, 6.45) is 0. The lowest BCUT2D eigenvalue weighted by atomic mass is 9.99. The van der Waals surface area contributed by atoms with E-state index in [-0.39, 0.29) is 0 Å². The van der Waals surface area contributed by atoms with E-state index in [0.717, 1.165) is 6.54 Å². The van der Waals surface area contributed by atoms with Crippen molar-refractivity contribution in [3.8, 4) is 33.6 Å². The van der Waals surface area contributed by atoms with Crippen LogP contribution >= 0.6 is 0 Å². The van der Waals surface area contributed by atoms with Crippen molar-refractivity contribution in [1.82, 2.24) is 0 Å². The highest BCUT2D eigenvalue weighted by Crippen LogP contribution is 2.29. The quantitative estimate of drug-likeness (QED) is 0.238. The largest absolute Gasteiger partial charge is 0.741 e. The highest BCUT2D eigenvalue weighted by Gasteiger charge is 2.36. The molecule has 5 nitrogen and oxygen atoms in total. The molecule has 9 heteroatoms. The van der Waals surface area contributed by atoms with E-state index in [4.69, 9.17) is 18.7 Å². The van der Waals surface area contributed by atoms with E-state index in [9.17, 15) is 13.2 Å². The van der Waals surface area contributed by atoms with Gasteiger partial charge in [-0.1, -0.05) is 66.7 Å². The van der Waals surface area contributed by atoms with Crippen molar-refractivity contribution in [1.29, 1.82) is 0 Å². The first-order chi connectivity index (χ1) is 16.6. The van der Waals surface area contributed by atoms with Gasteiger partial charge in [-0.2, -0.15) is 17.7 Å². The number of alkyl halides is 3. The zero-order valence-electron chi connectivity index (χ0n) is 18.5. The second-order valence-electron chi connectivity index (χ2n) is 7.45. The summed E-state index contributed by atoms with van der Waals surface area (Å²) < 4.78 is 61.2. The molecule has 0 amide bonds. The molecule has 4 aromatic rings. The predicted octanol–water partition coefficient (Wildman–Crippen LogP) is 4.99. The zero-order valence-corrected chi connectivity index (χ0v) is 19.3. The molecule has 0 fully saturated rings. The first-order valence-electron chi connectivity index (χ1n) is 10.6. The van der Waals surface area contributed by atoms with Crippen LogP contribution in [0.25, 0.3) is 33.6 Å². The topological polar surface area (TPSA) is 87.1 Å². The number of rotatable bonds is 5.